The van der Waals surface area contributed by atoms with E-state index in [4.69, 9.17) is 4.74 Å². The predicted octanol–water partition coefficient (Wildman–Crippen LogP) is 3.95. The van der Waals surface area contributed by atoms with Gasteiger partial charge in [-0.2, -0.15) is 0 Å². The molecule has 2 rings (SSSR count). The zero-order valence-electron chi connectivity index (χ0n) is 11.3. The Bertz CT molecular complexity index is 489. The third-order valence-corrected chi connectivity index (χ3v) is 3.01. The maximum Gasteiger partial charge on any atom is 0.363 e. The summed E-state index contributed by atoms with van der Waals surface area (Å²) in [4.78, 5) is 15.9. The van der Waals surface area contributed by atoms with Crippen LogP contribution >= 0.6 is 0 Å². The first-order valence-corrected chi connectivity index (χ1v) is 6.86. The van der Waals surface area contributed by atoms with Crippen molar-refractivity contribution in [2.24, 2.45) is 4.99 Å². The highest BCUT2D eigenvalue weighted by atomic mass is 16.6. The SMILES string of the molecule is CCCCCCC1=NC(=Cc2ccccc2)C(=O)O1. The Morgan fingerprint density at radius 1 is 1.16 bits per heavy atom. The average Bonchev–Trinajstić information content (AvgIpc) is 2.77. The molecule has 0 unspecified atom stereocenters. The molecule has 0 saturated heterocycles. The van der Waals surface area contributed by atoms with Crippen LogP contribution in [0.3, 0.4) is 0 Å². The number of unbranched alkanes of at least 4 members (excludes halogenated alkanes) is 3. The zero-order valence-corrected chi connectivity index (χ0v) is 11.3. The lowest BCUT2D eigenvalue weighted by atomic mass is 10.1. The lowest BCUT2D eigenvalue weighted by Crippen LogP contribution is -2.03. The van der Waals surface area contributed by atoms with Crippen molar-refractivity contribution in [3.63, 3.8) is 0 Å². The summed E-state index contributed by atoms with van der Waals surface area (Å²) in [7, 11) is 0. The van der Waals surface area contributed by atoms with Crippen LogP contribution in [-0.4, -0.2) is 11.9 Å². The first-order chi connectivity index (χ1) is 9.29. The van der Waals surface area contributed by atoms with Crippen LogP contribution in [0.5, 0.6) is 0 Å². The molecule has 0 aromatic heterocycles. The number of nitrogens with zero attached hydrogens (tertiary/aromatic N) is 1. The predicted molar refractivity (Wildman–Crippen MR) is 76.7 cm³/mol. The van der Waals surface area contributed by atoms with Crippen molar-refractivity contribution in [1.82, 2.24) is 0 Å². The van der Waals surface area contributed by atoms with Crippen LogP contribution in [0.25, 0.3) is 6.08 Å². The highest BCUT2D eigenvalue weighted by Crippen LogP contribution is 2.18. The van der Waals surface area contributed by atoms with E-state index in [0.29, 0.717) is 11.6 Å². The number of esters is 1. The van der Waals surface area contributed by atoms with E-state index in [-0.39, 0.29) is 5.97 Å². The maximum atomic E-state index is 11.7. The normalized spacial score (nSPS) is 16.6. The minimum Gasteiger partial charge on any atom is -0.407 e. The van der Waals surface area contributed by atoms with Gasteiger partial charge in [0.15, 0.2) is 11.6 Å². The molecule has 0 radical (unpaired) electrons. The van der Waals surface area contributed by atoms with Crippen LogP contribution in [0.4, 0.5) is 0 Å². The minimum atomic E-state index is -0.339. The Balaban J connectivity index is 1.97. The van der Waals surface area contributed by atoms with E-state index in [9.17, 15) is 4.79 Å². The molecule has 0 amide bonds. The second-order valence-electron chi connectivity index (χ2n) is 4.65. The smallest absolute Gasteiger partial charge is 0.363 e. The molecule has 0 bridgehead atoms. The topological polar surface area (TPSA) is 38.7 Å². The first kappa shape index (κ1) is 13.5. The summed E-state index contributed by atoms with van der Waals surface area (Å²) >= 11 is 0. The largest absolute Gasteiger partial charge is 0.407 e. The maximum absolute atomic E-state index is 11.7. The van der Waals surface area contributed by atoms with Crippen LogP contribution in [0, 0.1) is 0 Å². The van der Waals surface area contributed by atoms with Crippen molar-refractivity contribution >= 4 is 17.9 Å². The summed E-state index contributed by atoms with van der Waals surface area (Å²) in [6.45, 7) is 2.17. The summed E-state index contributed by atoms with van der Waals surface area (Å²) in [6.07, 6.45) is 7.11. The summed E-state index contributed by atoms with van der Waals surface area (Å²) in [5.41, 5.74) is 1.36. The van der Waals surface area contributed by atoms with Gasteiger partial charge in [0, 0.05) is 6.42 Å². The van der Waals surface area contributed by atoms with Crippen LogP contribution in [-0.2, 0) is 9.53 Å². The number of ether oxygens (including phenoxy) is 1. The highest BCUT2D eigenvalue weighted by Gasteiger charge is 2.22. The Hall–Kier alpha value is -1.90. The van der Waals surface area contributed by atoms with Crippen LogP contribution < -0.4 is 0 Å². The molecular formula is C16H19NO2. The molecule has 1 aliphatic heterocycles. The minimum absolute atomic E-state index is 0.339. The second-order valence-corrected chi connectivity index (χ2v) is 4.65. The summed E-state index contributed by atoms with van der Waals surface area (Å²) < 4.78 is 5.17. The number of hydrogen-bond donors (Lipinski definition) is 0. The number of cyclic esters (lactones) is 1. The van der Waals surface area contributed by atoms with E-state index in [1.165, 1.54) is 12.8 Å². The highest BCUT2D eigenvalue weighted by molar-refractivity contribution is 6.07. The summed E-state index contributed by atoms with van der Waals surface area (Å²) in [6, 6.07) is 9.69. The van der Waals surface area contributed by atoms with Gasteiger partial charge in [-0.05, 0) is 18.1 Å². The van der Waals surface area contributed by atoms with Gasteiger partial charge in [0.2, 0.25) is 0 Å². The molecule has 1 aromatic rings. The molecule has 0 spiro atoms. The van der Waals surface area contributed by atoms with Gasteiger partial charge in [0.25, 0.3) is 0 Å². The molecule has 1 heterocycles. The fraction of sp³-hybridized carbons (Fsp3) is 0.375. The summed E-state index contributed by atoms with van der Waals surface area (Å²) in [5, 5.41) is 0. The molecular weight excluding hydrogens is 238 g/mol. The number of aliphatic imine (C=N–C) groups is 1. The quantitative estimate of drug-likeness (QED) is 0.439. The molecule has 0 aliphatic carbocycles. The standard InChI is InChI=1S/C16H19NO2/c1-2-3-4-8-11-15-17-14(16(18)19-15)12-13-9-6-5-7-10-13/h5-7,9-10,12H,2-4,8,11H2,1H3. The lowest BCUT2D eigenvalue weighted by molar-refractivity contribution is -0.130. The van der Waals surface area contributed by atoms with Gasteiger partial charge >= 0.3 is 5.97 Å². The third-order valence-electron chi connectivity index (χ3n) is 3.01. The fourth-order valence-corrected chi connectivity index (χ4v) is 1.97. The van der Waals surface area contributed by atoms with Gasteiger partial charge in [0.05, 0.1) is 0 Å². The van der Waals surface area contributed by atoms with Crippen LogP contribution in [0.2, 0.25) is 0 Å². The fourth-order valence-electron chi connectivity index (χ4n) is 1.97. The first-order valence-electron chi connectivity index (χ1n) is 6.86. The van der Waals surface area contributed by atoms with E-state index in [0.717, 1.165) is 24.8 Å². The van der Waals surface area contributed by atoms with Gasteiger partial charge in [-0.25, -0.2) is 9.79 Å². The molecule has 0 atom stereocenters. The lowest BCUT2D eigenvalue weighted by Gasteiger charge is -1.98. The van der Waals surface area contributed by atoms with Gasteiger partial charge in [0.1, 0.15) is 0 Å². The molecule has 0 fully saturated rings. The molecule has 3 heteroatoms. The number of benzene rings is 1. The number of carbonyl (C=O) groups is 1. The zero-order chi connectivity index (χ0) is 13.5. The molecule has 0 N–H and O–H groups in total. The van der Waals surface area contributed by atoms with Crippen molar-refractivity contribution in [2.75, 3.05) is 0 Å². The van der Waals surface area contributed by atoms with Gasteiger partial charge in [-0.1, -0.05) is 56.5 Å². The van der Waals surface area contributed by atoms with E-state index >= 15 is 0 Å². The Morgan fingerprint density at radius 2 is 1.95 bits per heavy atom. The Kier molecular flexibility index (Phi) is 4.90. The van der Waals surface area contributed by atoms with Crippen molar-refractivity contribution < 1.29 is 9.53 Å². The molecule has 0 saturated carbocycles. The second kappa shape index (κ2) is 6.88. The van der Waals surface area contributed by atoms with Crippen molar-refractivity contribution in [2.45, 2.75) is 39.0 Å². The van der Waals surface area contributed by atoms with Gasteiger partial charge in [-0.3, -0.25) is 0 Å². The average molecular weight is 257 g/mol. The number of carbonyl (C=O) groups excluding carboxylic acids is 1. The monoisotopic (exact) mass is 257 g/mol. The van der Waals surface area contributed by atoms with Gasteiger partial charge < -0.3 is 4.74 Å². The third kappa shape index (κ3) is 4.05. The molecule has 19 heavy (non-hydrogen) atoms. The van der Waals surface area contributed by atoms with E-state index in [2.05, 4.69) is 11.9 Å². The number of hydrogen-bond acceptors (Lipinski definition) is 3. The molecule has 1 aromatic carbocycles. The van der Waals surface area contributed by atoms with E-state index < -0.39 is 0 Å². The van der Waals surface area contributed by atoms with Crippen molar-refractivity contribution in [3.05, 3.63) is 41.6 Å². The van der Waals surface area contributed by atoms with E-state index in [1.54, 1.807) is 6.08 Å². The van der Waals surface area contributed by atoms with Crippen LogP contribution in [0.15, 0.2) is 41.0 Å². The molecule has 100 valence electrons. The molecule has 3 nitrogen and oxygen atoms in total. The Morgan fingerprint density at radius 3 is 2.68 bits per heavy atom. The summed E-state index contributed by atoms with van der Waals surface area (Å²) in [5.74, 6) is 0.220. The van der Waals surface area contributed by atoms with Crippen LogP contribution in [0.1, 0.15) is 44.6 Å². The molecule has 1 aliphatic rings. The Labute approximate surface area is 114 Å². The number of rotatable bonds is 6. The van der Waals surface area contributed by atoms with E-state index in [1.807, 2.05) is 30.3 Å². The van der Waals surface area contributed by atoms with Gasteiger partial charge in [-0.15, -0.1) is 0 Å². The van der Waals surface area contributed by atoms with Crippen molar-refractivity contribution in [3.8, 4) is 0 Å². The van der Waals surface area contributed by atoms with Crippen molar-refractivity contribution in [1.29, 1.82) is 0 Å².